The maximum absolute atomic E-state index is 12.7. The number of nitrogens with zero attached hydrogens (tertiary/aromatic N) is 1. The van der Waals surface area contributed by atoms with Gasteiger partial charge in [-0.3, -0.25) is 30.1 Å². The number of hydrazine groups is 1. The number of rotatable bonds is 8. The molecule has 172 valence electrons. The quantitative estimate of drug-likeness (QED) is 0.233. The minimum atomic E-state index is -0.470. The molecule has 1 fully saturated rings. The van der Waals surface area contributed by atoms with E-state index in [1.165, 1.54) is 11.8 Å². The third-order valence-electron chi connectivity index (χ3n) is 4.97. The molecule has 0 radical (unpaired) electrons. The summed E-state index contributed by atoms with van der Waals surface area (Å²) in [6, 6.07) is 14.6. The minimum Gasteiger partial charge on any atom is -0.293 e. The van der Waals surface area contributed by atoms with Crippen LogP contribution in [0.15, 0.2) is 53.4 Å². The van der Waals surface area contributed by atoms with Crippen molar-refractivity contribution in [2.45, 2.75) is 32.6 Å². The summed E-state index contributed by atoms with van der Waals surface area (Å²) in [5, 5.41) is 0.314. The van der Waals surface area contributed by atoms with E-state index in [2.05, 4.69) is 10.9 Å². The number of benzene rings is 2. The Bertz CT molecular complexity index is 1090. The summed E-state index contributed by atoms with van der Waals surface area (Å²) in [6.45, 7) is 2.53. The molecule has 1 aliphatic rings. The molecule has 0 aliphatic carbocycles. The van der Waals surface area contributed by atoms with Crippen molar-refractivity contribution in [3.05, 3.63) is 75.1 Å². The van der Waals surface area contributed by atoms with Crippen molar-refractivity contribution >= 4 is 63.7 Å². The number of thioether (sulfide) groups is 1. The second-order valence-corrected chi connectivity index (χ2v) is 9.62. The molecule has 2 aromatic rings. The van der Waals surface area contributed by atoms with Gasteiger partial charge >= 0.3 is 0 Å². The Balaban J connectivity index is 1.36. The van der Waals surface area contributed by atoms with Crippen molar-refractivity contribution in [3.63, 3.8) is 0 Å². The van der Waals surface area contributed by atoms with E-state index in [1.807, 2.05) is 37.3 Å². The highest BCUT2D eigenvalue weighted by atomic mass is 35.5. The third kappa shape index (κ3) is 7.15. The van der Waals surface area contributed by atoms with Gasteiger partial charge in [-0.2, -0.15) is 0 Å². The molecule has 33 heavy (non-hydrogen) atoms. The Kier molecular flexibility index (Phi) is 9.05. The summed E-state index contributed by atoms with van der Waals surface area (Å²) >= 11 is 12.7. The van der Waals surface area contributed by atoms with E-state index in [1.54, 1.807) is 29.2 Å². The predicted octanol–water partition coefficient (Wildman–Crippen LogP) is 4.87. The van der Waals surface area contributed by atoms with Gasteiger partial charge in [-0.25, -0.2) is 0 Å². The lowest BCUT2D eigenvalue weighted by Crippen LogP contribution is -2.41. The first-order chi connectivity index (χ1) is 15.8. The first kappa shape index (κ1) is 25.0. The van der Waals surface area contributed by atoms with Crippen LogP contribution in [-0.4, -0.2) is 33.5 Å². The van der Waals surface area contributed by atoms with Gasteiger partial charge in [-0.15, -0.1) is 0 Å². The zero-order valence-corrected chi connectivity index (χ0v) is 20.5. The van der Waals surface area contributed by atoms with Crippen LogP contribution in [0.25, 0.3) is 6.08 Å². The van der Waals surface area contributed by atoms with E-state index < -0.39 is 5.91 Å². The molecule has 0 unspecified atom stereocenters. The molecule has 0 saturated carbocycles. The van der Waals surface area contributed by atoms with Crippen molar-refractivity contribution in [2.24, 2.45) is 0 Å². The lowest BCUT2D eigenvalue weighted by Gasteiger charge is -2.14. The summed E-state index contributed by atoms with van der Waals surface area (Å²) < 4.78 is 0.554. The zero-order chi connectivity index (χ0) is 23.8. The summed E-state index contributed by atoms with van der Waals surface area (Å²) in [4.78, 5) is 38.9. The van der Waals surface area contributed by atoms with E-state index in [-0.39, 0.29) is 18.2 Å². The average molecular weight is 502 g/mol. The van der Waals surface area contributed by atoms with E-state index in [4.69, 9.17) is 23.8 Å². The smallest absolute Gasteiger partial charge is 0.271 e. The fourth-order valence-corrected chi connectivity index (χ4v) is 4.67. The molecule has 1 aliphatic heterocycles. The number of carbonyl (C=O) groups is 3. The minimum absolute atomic E-state index is 0.0781. The van der Waals surface area contributed by atoms with E-state index in [0.29, 0.717) is 32.8 Å². The van der Waals surface area contributed by atoms with Crippen LogP contribution in [0.1, 0.15) is 47.2 Å². The number of unbranched alkanes of at least 4 members (excludes halogenated alkanes) is 2. The van der Waals surface area contributed by atoms with Gasteiger partial charge in [-0.05, 0) is 43.5 Å². The van der Waals surface area contributed by atoms with E-state index in [9.17, 15) is 14.4 Å². The van der Waals surface area contributed by atoms with Crippen molar-refractivity contribution in [1.82, 2.24) is 15.8 Å². The molecule has 1 heterocycles. The Labute approximate surface area is 207 Å². The summed E-state index contributed by atoms with van der Waals surface area (Å²) in [6.07, 6.45) is 4.22. The van der Waals surface area contributed by atoms with Crippen molar-refractivity contribution in [1.29, 1.82) is 0 Å². The van der Waals surface area contributed by atoms with Crippen LogP contribution in [0.2, 0.25) is 5.02 Å². The molecular formula is C24H24ClN3O3S2. The van der Waals surface area contributed by atoms with E-state index in [0.717, 1.165) is 24.0 Å². The van der Waals surface area contributed by atoms with Gasteiger partial charge < -0.3 is 0 Å². The van der Waals surface area contributed by atoms with Crippen LogP contribution in [0.4, 0.5) is 0 Å². The highest BCUT2D eigenvalue weighted by Crippen LogP contribution is 2.32. The van der Waals surface area contributed by atoms with Gasteiger partial charge in [-0.1, -0.05) is 84.0 Å². The molecule has 2 N–H and O–H groups in total. The third-order valence-corrected chi connectivity index (χ3v) is 6.68. The molecular weight excluding hydrogens is 478 g/mol. The van der Waals surface area contributed by atoms with Crippen LogP contribution in [0.3, 0.4) is 0 Å². The number of hydrogen-bond donors (Lipinski definition) is 2. The topological polar surface area (TPSA) is 78.5 Å². The molecule has 9 heteroatoms. The summed E-state index contributed by atoms with van der Waals surface area (Å²) in [5.41, 5.74) is 7.18. The summed E-state index contributed by atoms with van der Waals surface area (Å²) in [5.74, 6) is -0.838. The fourth-order valence-electron chi connectivity index (χ4n) is 3.14. The van der Waals surface area contributed by atoms with Crippen LogP contribution in [-0.2, 0) is 9.59 Å². The number of hydrogen-bond acceptors (Lipinski definition) is 5. The molecule has 6 nitrogen and oxygen atoms in total. The van der Waals surface area contributed by atoms with Gasteiger partial charge in [0.1, 0.15) is 4.32 Å². The average Bonchev–Trinajstić information content (AvgIpc) is 3.06. The lowest BCUT2D eigenvalue weighted by atomic mass is 10.1. The Morgan fingerprint density at radius 3 is 2.52 bits per heavy atom. The first-order valence-electron chi connectivity index (χ1n) is 10.5. The number of amides is 3. The van der Waals surface area contributed by atoms with Crippen LogP contribution in [0, 0.1) is 6.92 Å². The highest BCUT2D eigenvalue weighted by molar-refractivity contribution is 8.26. The number of thiocarbonyl (C=S) groups is 1. The molecule has 0 bridgehead atoms. The molecule has 3 rings (SSSR count). The largest absolute Gasteiger partial charge is 0.293 e. The maximum Gasteiger partial charge on any atom is 0.271 e. The van der Waals surface area contributed by atoms with Gasteiger partial charge in [0.15, 0.2) is 0 Å². The molecule has 0 spiro atoms. The number of carbonyl (C=O) groups excluding carboxylic acids is 3. The molecule has 2 aromatic carbocycles. The second kappa shape index (κ2) is 12.0. The van der Waals surface area contributed by atoms with Crippen molar-refractivity contribution in [2.75, 3.05) is 6.54 Å². The second-order valence-electron chi connectivity index (χ2n) is 7.54. The van der Waals surface area contributed by atoms with Crippen molar-refractivity contribution in [3.8, 4) is 0 Å². The molecule has 3 amide bonds. The standard InChI is InChI=1S/C24H24ClN3O3S2/c1-16-10-12-17(13-11-16)15-20-23(31)28(24(32)33-20)14-6-2-3-9-21(29)26-27-22(30)18-7-4-5-8-19(18)25/h4-5,7-8,10-13,15H,2-3,6,9,14H2,1H3,(H,26,29)(H,27,30). The van der Waals surface area contributed by atoms with Gasteiger partial charge in [0.2, 0.25) is 5.91 Å². The van der Waals surface area contributed by atoms with Gasteiger partial charge in [0.05, 0.1) is 15.5 Å². The van der Waals surface area contributed by atoms with Crippen LogP contribution < -0.4 is 10.9 Å². The normalized spacial score (nSPS) is 14.6. The monoisotopic (exact) mass is 501 g/mol. The Hall–Kier alpha value is -2.68. The lowest BCUT2D eigenvalue weighted by molar-refractivity contribution is -0.123. The number of aryl methyl sites for hydroxylation is 1. The number of nitrogens with one attached hydrogen (secondary N) is 2. The number of halogens is 1. The molecule has 1 saturated heterocycles. The zero-order valence-electron chi connectivity index (χ0n) is 18.1. The van der Waals surface area contributed by atoms with Crippen molar-refractivity contribution < 1.29 is 14.4 Å². The Morgan fingerprint density at radius 1 is 1.06 bits per heavy atom. The van der Waals surface area contributed by atoms with Gasteiger partial charge in [0, 0.05) is 13.0 Å². The fraction of sp³-hybridized carbons (Fsp3) is 0.250. The van der Waals surface area contributed by atoms with Crippen LogP contribution >= 0.6 is 35.6 Å². The maximum atomic E-state index is 12.7. The SMILES string of the molecule is Cc1ccc(C=C2SC(=S)N(CCCCCC(=O)NNC(=O)c3ccccc3Cl)C2=O)cc1. The van der Waals surface area contributed by atoms with E-state index >= 15 is 0 Å². The van der Waals surface area contributed by atoms with Gasteiger partial charge in [0.25, 0.3) is 11.8 Å². The Morgan fingerprint density at radius 2 is 1.79 bits per heavy atom. The summed E-state index contributed by atoms with van der Waals surface area (Å²) in [7, 11) is 0. The molecule has 0 aromatic heterocycles. The molecule has 0 atom stereocenters. The highest BCUT2D eigenvalue weighted by Gasteiger charge is 2.31. The first-order valence-corrected chi connectivity index (χ1v) is 12.1. The van der Waals surface area contributed by atoms with Crippen LogP contribution in [0.5, 0.6) is 0 Å². The predicted molar refractivity (Wildman–Crippen MR) is 137 cm³/mol.